The zero-order chi connectivity index (χ0) is 21.5. The van der Waals surface area contributed by atoms with Crippen molar-refractivity contribution < 1.29 is 19.1 Å². The quantitative estimate of drug-likeness (QED) is 0.569. The minimum Gasteiger partial charge on any atom is -0.468 e. The van der Waals surface area contributed by atoms with E-state index in [0.29, 0.717) is 16.9 Å². The highest BCUT2D eigenvalue weighted by Crippen LogP contribution is 2.24. The largest absolute Gasteiger partial charge is 0.468 e. The van der Waals surface area contributed by atoms with E-state index >= 15 is 0 Å². The van der Waals surface area contributed by atoms with Gasteiger partial charge in [-0.3, -0.25) is 14.4 Å². The molecule has 154 valence electrons. The summed E-state index contributed by atoms with van der Waals surface area (Å²) in [6, 6.07) is 14.5. The SMILES string of the molecule is COC(=O)CNC(=O)c1cccc(NC(=O)Cc2csc(-c3ccc(C)cc3)n2)c1. The fourth-order valence-corrected chi connectivity index (χ4v) is 3.48. The monoisotopic (exact) mass is 423 g/mol. The number of nitrogens with one attached hydrogen (secondary N) is 2. The Balaban J connectivity index is 1.59. The molecule has 0 unspecified atom stereocenters. The van der Waals surface area contributed by atoms with Gasteiger partial charge >= 0.3 is 5.97 Å². The molecule has 0 atom stereocenters. The number of thiazole rings is 1. The van der Waals surface area contributed by atoms with E-state index in [9.17, 15) is 14.4 Å². The molecule has 8 heteroatoms. The summed E-state index contributed by atoms with van der Waals surface area (Å²) in [6.45, 7) is 1.80. The predicted molar refractivity (Wildman–Crippen MR) is 115 cm³/mol. The summed E-state index contributed by atoms with van der Waals surface area (Å²) in [7, 11) is 1.25. The minimum atomic E-state index is -0.541. The van der Waals surface area contributed by atoms with Gasteiger partial charge in [0.1, 0.15) is 11.6 Å². The first-order valence-electron chi connectivity index (χ1n) is 9.21. The van der Waals surface area contributed by atoms with Crippen LogP contribution in [0, 0.1) is 6.92 Å². The molecule has 2 N–H and O–H groups in total. The maximum atomic E-state index is 12.4. The highest BCUT2D eigenvalue weighted by atomic mass is 32.1. The summed E-state index contributed by atoms with van der Waals surface area (Å²) < 4.78 is 4.49. The maximum Gasteiger partial charge on any atom is 0.325 e. The van der Waals surface area contributed by atoms with E-state index in [-0.39, 0.29) is 18.9 Å². The van der Waals surface area contributed by atoms with Crippen LogP contribution in [0.3, 0.4) is 0 Å². The van der Waals surface area contributed by atoms with E-state index in [4.69, 9.17) is 0 Å². The molecular formula is C22H21N3O4S. The number of nitrogens with zero attached hydrogens (tertiary/aromatic N) is 1. The van der Waals surface area contributed by atoms with Gasteiger partial charge in [-0.25, -0.2) is 4.98 Å². The van der Waals surface area contributed by atoms with Crippen LogP contribution in [0.25, 0.3) is 10.6 Å². The number of amides is 2. The lowest BCUT2D eigenvalue weighted by molar-refractivity contribution is -0.139. The van der Waals surface area contributed by atoms with Crippen molar-refractivity contribution in [3.8, 4) is 10.6 Å². The van der Waals surface area contributed by atoms with Gasteiger partial charge in [0, 0.05) is 22.2 Å². The number of rotatable bonds is 7. The zero-order valence-electron chi connectivity index (χ0n) is 16.6. The van der Waals surface area contributed by atoms with E-state index in [0.717, 1.165) is 10.6 Å². The van der Waals surface area contributed by atoms with Crippen LogP contribution in [-0.2, 0) is 20.7 Å². The van der Waals surface area contributed by atoms with Crippen LogP contribution < -0.4 is 10.6 Å². The number of aryl methyl sites for hydroxylation is 1. The van der Waals surface area contributed by atoms with E-state index in [1.54, 1.807) is 24.3 Å². The third-order valence-electron chi connectivity index (χ3n) is 4.22. The van der Waals surface area contributed by atoms with Gasteiger partial charge in [-0.2, -0.15) is 0 Å². The molecule has 2 aromatic carbocycles. The van der Waals surface area contributed by atoms with Crippen LogP contribution in [0.1, 0.15) is 21.6 Å². The molecule has 0 fully saturated rings. The van der Waals surface area contributed by atoms with E-state index in [2.05, 4.69) is 20.4 Å². The smallest absolute Gasteiger partial charge is 0.325 e. The van der Waals surface area contributed by atoms with Crippen molar-refractivity contribution in [3.05, 3.63) is 70.7 Å². The fraction of sp³-hybridized carbons (Fsp3) is 0.182. The standard InChI is InChI=1S/C22H21N3O4S/c1-14-6-8-15(9-7-14)22-25-18(13-30-22)11-19(26)24-17-5-3-4-16(10-17)21(28)23-12-20(27)29-2/h3-10,13H,11-12H2,1-2H3,(H,23,28)(H,24,26). The van der Waals surface area contributed by atoms with Gasteiger partial charge in [-0.15, -0.1) is 11.3 Å². The first-order chi connectivity index (χ1) is 14.4. The number of esters is 1. The van der Waals surface area contributed by atoms with E-state index in [1.165, 1.54) is 24.0 Å². The fourth-order valence-electron chi connectivity index (χ4n) is 2.65. The first kappa shape index (κ1) is 21.2. The Morgan fingerprint density at radius 3 is 2.60 bits per heavy atom. The summed E-state index contributed by atoms with van der Waals surface area (Å²) in [5, 5.41) is 7.96. The number of carbonyl (C=O) groups is 3. The average molecular weight is 423 g/mol. The average Bonchev–Trinajstić information content (AvgIpc) is 3.20. The summed E-state index contributed by atoms with van der Waals surface area (Å²) in [5.41, 5.74) is 3.69. The summed E-state index contributed by atoms with van der Waals surface area (Å²) in [5.74, 6) is -1.21. The van der Waals surface area contributed by atoms with E-state index in [1.807, 2.05) is 36.6 Å². The maximum absolute atomic E-state index is 12.4. The Labute approximate surface area is 178 Å². The molecule has 0 spiro atoms. The number of carbonyl (C=O) groups excluding carboxylic acids is 3. The number of anilines is 1. The molecule has 30 heavy (non-hydrogen) atoms. The van der Waals surface area contributed by atoms with Crippen LogP contribution in [0.4, 0.5) is 5.69 Å². The second-order valence-corrected chi connectivity index (χ2v) is 7.43. The highest BCUT2D eigenvalue weighted by molar-refractivity contribution is 7.13. The van der Waals surface area contributed by atoms with Crippen molar-refractivity contribution in [1.82, 2.24) is 10.3 Å². The minimum absolute atomic E-state index is 0.126. The lowest BCUT2D eigenvalue weighted by atomic mass is 10.1. The van der Waals surface area contributed by atoms with Gasteiger partial charge in [0.15, 0.2) is 0 Å². The van der Waals surface area contributed by atoms with Crippen molar-refractivity contribution in [2.75, 3.05) is 19.0 Å². The molecule has 0 aliphatic carbocycles. The third-order valence-corrected chi connectivity index (χ3v) is 5.16. The molecule has 2 amide bonds. The number of hydrogen-bond donors (Lipinski definition) is 2. The predicted octanol–water partition coefficient (Wildman–Crippen LogP) is 3.20. The molecule has 0 saturated heterocycles. The van der Waals surface area contributed by atoms with Gasteiger partial charge in [0.05, 0.1) is 19.2 Å². The lowest BCUT2D eigenvalue weighted by Crippen LogP contribution is -2.30. The molecule has 3 rings (SSSR count). The van der Waals surface area contributed by atoms with Crippen LogP contribution >= 0.6 is 11.3 Å². The number of benzene rings is 2. The summed E-state index contributed by atoms with van der Waals surface area (Å²) in [6.07, 6.45) is 0.126. The van der Waals surface area contributed by atoms with Crippen LogP contribution in [-0.4, -0.2) is 36.4 Å². The molecule has 0 saturated carbocycles. The van der Waals surface area contributed by atoms with Gasteiger partial charge in [-0.1, -0.05) is 35.9 Å². The third kappa shape index (κ3) is 5.74. The van der Waals surface area contributed by atoms with Gasteiger partial charge in [-0.05, 0) is 25.1 Å². The second kappa shape index (κ2) is 9.80. The van der Waals surface area contributed by atoms with Crippen molar-refractivity contribution >= 4 is 34.8 Å². The Bertz CT molecular complexity index is 1060. The van der Waals surface area contributed by atoms with Crippen molar-refractivity contribution in [2.45, 2.75) is 13.3 Å². The number of hydrogen-bond acceptors (Lipinski definition) is 6. The summed E-state index contributed by atoms with van der Waals surface area (Å²) in [4.78, 5) is 40.2. The second-order valence-electron chi connectivity index (χ2n) is 6.57. The molecule has 3 aromatic rings. The summed E-state index contributed by atoms with van der Waals surface area (Å²) >= 11 is 1.49. The molecule has 0 radical (unpaired) electrons. The lowest BCUT2D eigenvalue weighted by Gasteiger charge is -2.07. The number of aromatic nitrogens is 1. The zero-order valence-corrected chi connectivity index (χ0v) is 17.4. The Kier molecular flexibility index (Phi) is 6.92. The Morgan fingerprint density at radius 2 is 1.87 bits per heavy atom. The van der Waals surface area contributed by atoms with Gasteiger partial charge in [0.25, 0.3) is 5.91 Å². The molecule has 1 heterocycles. The molecule has 0 aliphatic heterocycles. The number of ether oxygens (including phenoxy) is 1. The van der Waals surface area contributed by atoms with Crippen molar-refractivity contribution in [3.63, 3.8) is 0 Å². The molecule has 1 aromatic heterocycles. The molecule has 0 bridgehead atoms. The topological polar surface area (TPSA) is 97.4 Å². The first-order valence-corrected chi connectivity index (χ1v) is 10.1. The van der Waals surface area contributed by atoms with Gasteiger partial charge in [0.2, 0.25) is 5.91 Å². The highest BCUT2D eigenvalue weighted by Gasteiger charge is 2.12. The molecular weight excluding hydrogens is 402 g/mol. The molecule has 7 nitrogen and oxygen atoms in total. The van der Waals surface area contributed by atoms with Crippen molar-refractivity contribution in [1.29, 1.82) is 0 Å². The van der Waals surface area contributed by atoms with E-state index < -0.39 is 11.9 Å². The number of methoxy groups -OCH3 is 1. The van der Waals surface area contributed by atoms with Crippen molar-refractivity contribution in [2.24, 2.45) is 0 Å². The van der Waals surface area contributed by atoms with Crippen LogP contribution in [0.15, 0.2) is 53.9 Å². The van der Waals surface area contributed by atoms with Gasteiger partial charge < -0.3 is 15.4 Å². The van der Waals surface area contributed by atoms with Crippen LogP contribution in [0.2, 0.25) is 0 Å². The van der Waals surface area contributed by atoms with Crippen LogP contribution in [0.5, 0.6) is 0 Å². The normalized spacial score (nSPS) is 10.3. The Hall–Kier alpha value is -3.52. The Morgan fingerprint density at radius 1 is 1.10 bits per heavy atom. The molecule has 0 aliphatic rings.